The van der Waals surface area contributed by atoms with Gasteiger partial charge in [0.15, 0.2) is 0 Å². The van der Waals surface area contributed by atoms with E-state index >= 15 is 0 Å². The van der Waals surface area contributed by atoms with Gasteiger partial charge in [0, 0.05) is 55.6 Å². The Morgan fingerprint density at radius 2 is 2.16 bits per heavy atom. The van der Waals surface area contributed by atoms with Gasteiger partial charge < -0.3 is 4.74 Å². The van der Waals surface area contributed by atoms with Gasteiger partial charge >= 0.3 is 0 Å². The van der Waals surface area contributed by atoms with Gasteiger partial charge in [0.25, 0.3) is 0 Å². The smallest absolute Gasteiger partial charge is 0.0731 e. The summed E-state index contributed by atoms with van der Waals surface area (Å²) in [5.74, 6) is 0.429. The number of hydrogen-bond donors (Lipinski definition) is 0. The summed E-state index contributed by atoms with van der Waals surface area (Å²) in [6, 6.07) is 10.5. The third-order valence-electron chi connectivity index (χ3n) is 4.44. The first-order valence-electron chi connectivity index (χ1n) is 8.59. The molecule has 1 aliphatic heterocycles. The van der Waals surface area contributed by atoms with E-state index in [-0.39, 0.29) is 0 Å². The quantitative estimate of drug-likeness (QED) is 0.682. The molecule has 1 unspecified atom stereocenters. The first kappa shape index (κ1) is 16.4. The molecule has 0 radical (unpaired) electrons. The maximum absolute atomic E-state index is 5.98. The van der Waals surface area contributed by atoms with Crippen LogP contribution in [0.3, 0.4) is 0 Å². The topological polar surface area (TPSA) is 43.2 Å². The lowest BCUT2D eigenvalue weighted by molar-refractivity contribution is 0.0657. The molecule has 1 atom stereocenters. The van der Waals surface area contributed by atoms with Gasteiger partial charge in [0.1, 0.15) is 0 Å². The highest BCUT2D eigenvalue weighted by molar-refractivity contribution is 7.09. The minimum Gasteiger partial charge on any atom is -0.376 e. The Balaban J connectivity index is 1.40. The summed E-state index contributed by atoms with van der Waals surface area (Å²) in [4.78, 5) is 8.05. The molecule has 6 heteroatoms. The molecule has 0 bridgehead atoms. The van der Waals surface area contributed by atoms with Crippen molar-refractivity contribution in [2.75, 3.05) is 13.2 Å². The Kier molecular flexibility index (Phi) is 5.20. The summed E-state index contributed by atoms with van der Waals surface area (Å²) in [6.07, 6.45) is 5.55. The number of nitrogens with zero attached hydrogens (tertiary/aromatic N) is 4. The SMILES string of the molecule is c1cncc(COCC2CN(Cc3cccs3)Cc3ccnn3C2)c1. The molecule has 0 N–H and O–H groups in total. The van der Waals surface area contributed by atoms with E-state index in [1.807, 2.05) is 29.8 Å². The Labute approximate surface area is 151 Å². The van der Waals surface area contributed by atoms with Crippen molar-refractivity contribution < 1.29 is 4.74 Å². The van der Waals surface area contributed by atoms with Crippen molar-refractivity contribution in [3.8, 4) is 0 Å². The first-order valence-corrected chi connectivity index (χ1v) is 9.47. The zero-order chi connectivity index (χ0) is 16.9. The highest BCUT2D eigenvalue weighted by Gasteiger charge is 2.22. The zero-order valence-electron chi connectivity index (χ0n) is 14.1. The van der Waals surface area contributed by atoms with E-state index < -0.39 is 0 Å². The highest BCUT2D eigenvalue weighted by Crippen LogP contribution is 2.20. The molecule has 130 valence electrons. The number of pyridine rings is 1. The highest BCUT2D eigenvalue weighted by atomic mass is 32.1. The van der Waals surface area contributed by atoms with E-state index in [1.54, 1.807) is 6.20 Å². The number of hydrogen-bond acceptors (Lipinski definition) is 5. The molecule has 5 nitrogen and oxygen atoms in total. The summed E-state index contributed by atoms with van der Waals surface area (Å²) in [6.45, 7) is 5.21. The molecule has 0 aliphatic carbocycles. The van der Waals surface area contributed by atoms with Gasteiger partial charge in [-0.05, 0) is 29.1 Å². The van der Waals surface area contributed by atoms with Crippen LogP contribution in [0, 0.1) is 5.92 Å². The van der Waals surface area contributed by atoms with E-state index in [0.717, 1.165) is 38.3 Å². The van der Waals surface area contributed by atoms with Gasteiger partial charge in [-0.15, -0.1) is 11.3 Å². The van der Waals surface area contributed by atoms with Gasteiger partial charge in [-0.3, -0.25) is 14.6 Å². The second-order valence-electron chi connectivity index (χ2n) is 6.50. The fraction of sp³-hybridized carbons (Fsp3) is 0.368. The molecule has 25 heavy (non-hydrogen) atoms. The van der Waals surface area contributed by atoms with E-state index in [0.29, 0.717) is 12.5 Å². The second-order valence-corrected chi connectivity index (χ2v) is 7.53. The maximum atomic E-state index is 5.98. The van der Waals surface area contributed by atoms with Crippen LogP contribution in [0.15, 0.2) is 54.3 Å². The zero-order valence-corrected chi connectivity index (χ0v) is 14.9. The third kappa shape index (κ3) is 4.34. The molecule has 0 saturated carbocycles. The van der Waals surface area contributed by atoms with Gasteiger partial charge in [-0.1, -0.05) is 12.1 Å². The van der Waals surface area contributed by atoms with Crippen LogP contribution in [0.2, 0.25) is 0 Å². The van der Waals surface area contributed by atoms with Crippen LogP contribution >= 0.6 is 11.3 Å². The number of aromatic nitrogens is 3. The van der Waals surface area contributed by atoms with Crippen LogP contribution in [-0.2, 0) is 31.0 Å². The molecule has 0 spiro atoms. The van der Waals surface area contributed by atoms with Gasteiger partial charge in [0.2, 0.25) is 0 Å². The third-order valence-corrected chi connectivity index (χ3v) is 5.30. The summed E-state index contributed by atoms with van der Waals surface area (Å²) in [7, 11) is 0. The van der Waals surface area contributed by atoms with Crippen LogP contribution in [0.5, 0.6) is 0 Å². The van der Waals surface area contributed by atoms with Crippen molar-refractivity contribution in [2.45, 2.75) is 26.2 Å². The second kappa shape index (κ2) is 7.91. The van der Waals surface area contributed by atoms with Crippen molar-refractivity contribution in [3.05, 3.63) is 70.4 Å². The van der Waals surface area contributed by atoms with Gasteiger partial charge in [-0.25, -0.2) is 0 Å². The standard InChI is InChI=1S/C19H22N4OS/c1-3-16(9-20-6-1)14-24-15-17-10-22(13-19-4-2-8-25-19)12-18-5-7-21-23(18)11-17/h1-9,17H,10-15H2. The molecule has 4 heterocycles. The fourth-order valence-electron chi connectivity index (χ4n) is 3.30. The van der Waals surface area contributed by atoms with Crippen LogP contribution in [0.25, 0.3) is 0 Å². The molecular weight excluding hydrogens is 332 g/mol. The van der Waals surface area contributed by atoms with Crippen molar-refractivity contribution in [1.29, 1.82) is 0 Å². The number of ether oxygens (including phenoxy) is 1. The predicted octanol–water partition coefficient (Wildman–Crippen LogP) is 3.19. The molecule has 3 aromatic heterocycles. The molecule has 0 fully saturated rings. The Hall–Kier alpha value is -2.02. The Morgan fingerprint density at radius 1 is 1.16 bits per heavy atom. The van der Waals surface area contributed by atoms with Gasteiger partial charge in [-0.2, -0.15) is 5.10 Å². The summed E-state index contributed by atoms with van der Waals surface area (Å²) in [5.41, 5.74) is 2.40. The lowest BCUT2D eigenvalue weighted by Gasteiger charge is -2.23. The molecular formula is C19H22N4OS. The van der Waals surface area contributed by atoms with E-state index in [4.69, 9.17) is 4.74 Å². The largest absolute Gasteiger partial charge is 0.376 e. The number of rotatable bonds is 6. The van der Waals surface area contributed by atoms with Crippen molar-refractivity contribution in [1.82, 2.24) is 19.7 Å². The molecule has 0 amide bonds. The first-order chi connectivity index (χ1) is 12.4. The van der Waals surface area contributed by atoms with Crippen molar-refractivity contribution in [2.24, 2.45) is 5.92 Å². The summed E-state index contributed by atoms with van der Waals surface area (Å²) in [5, 5.41) is 6.64. The Bertz CT molecular complexity index is 772. The predicted molar refractivity (Wildman–Crippen MR) is 98.0 cm³/mol. The van der Waals surface area contributed by atoms with Crippen molar-refractivity contribution >= 4 is 11.3 Å². The normalized spacial score (nSPS) is 18.0. The molecule has 1 aliphatic rings. The van der Waals surface area contributed by atoms with Gasteiger partial charge in [0.05, 0.1) is 18.9 Å². The minimum absolute atomic E-state index is 0.429. The van der Waals surface area contributed by atoms with Crippen LogP contribution in [-0.4, -0.2) is 32.8 Å². The molecule has 3 aromatic rings. The lowest BCUT2D eigenvalue weighted by Crippen LogP contribution is -2.29. The maximum Gasteiger partial charge on any atom is 0.0731 e. The number of thiophene rings is 1. The van der Waals surface area contributed by atoms with Crippen molar-refractivity contribution in [3.63, 3.8) is 0 Å². The summed E-state index contributed by atoms with van der Waals surface area (Å²) < 4.78 is 8.12. The van der Waals surface area contributed by atoms with E-state index in [9.17, 15) is 0 Å². The summed E-state index contributed by atoms with van der Waals surface area (Å²) >= 11 is 1.82. The molecule has 0 aromatic carbocycles. The number of fused-ring (bicyclic) bond motifs is 1. The van der Waals surface area contributed by atoms with Crippen LogP contribution in [0.4, 0.5) is 0 Å². The van der Waals surface area contributed by atoms with E-state index in [1.165, 1.54) is 10.6 Å². The average molecular weight is 354 g/mol. The molecule has 4 rings (SSSR count). The van der Waals surface area contributed by atoms with Crippen LogP contribution < -0.4 is 0 Å². The monoisotopic (exact) mass is 354 g/mol. The Morgan fingerprint density at radius 3 is 3.00 bits per heavy atom. The average Bonchev–Trinajstić information content (AvgIpc) is 3.25. The van der Waals surface area contributed by atoms with Crippen LogP contribution in [0.1, 0.15) is 16.1 Å². The van der Waals surface area contributed by atoms with E-state index in [2.05, 4.69) is 49.3 Å². The fourth-order valence-corrected chi connectivity index (χ4v) is 4.04. The minimum atomic E-state index is 0.429. The lowest BCUT2D eigenvalue weighted by atomic mass is 10.1. The molecule has 0 saturated heterocycles.